The van der Waals surface area contributed by atoms with Crippen molar-refractivity contribution in [2.24, 2.45) is 0 Å². The fourth-order valence-corrected chi connectivity index (χ4v) is 4.65. The van der Waals surface area contributed by atoms with Crippen molar-refractivity contribution in [2.75, 3.05) is 6.54 Å². The highest BCUT2D eigenvalue weighted by Gasteiger charge is 2.53. The lowest BCUT2D eigenvalue weighted by atomic mass is 9.68. The highest BCUT2D eigenvalue weighted by molar-refractivity contribution is 6.04. The van der Waals surface area contributed by atoms with Crippen LogP contribution < -0.4 is 0 Å². The topological polar surface area (TPSA) is 92.0 Å². The Kier molecular flexibility index (Phi) is 5.76. The number of nitriles is 1. The number of ether oxygens (including phenoxy) is 1. The Balaban J connectivity index is 1.45. The van der Waals surface area contributed by atoms with Crippen molar-refractivity contribution in [1.82, 2.24) is 10.1 Å². The molecule has 0 saturated heterocycles. The second kappa shape index (κ2) is 8.77. The van der Waals surface area contributed by atoms with Gasteiger partial charge < -0.3 is 9.26 Å². The van der Waals surface area contributed by atoms with E-state index in [9.17, 15) is 4.79 Å². The zero-order valence-corrected chi connectivity index (χ0v) is 20.3. The molecule has 1 aromatic heterocycles. The normalized spacial score (nSPS) is 19.9. The maximum Gasteiger partial charge on any atom is 0.596 e. The predicted molar refractivity (Wildman–Crippen MR) is 130 cm³/mol. The van der Waals surface area contributed by atoms with Crippen LogP contribution >= 0.6 is 0 Å². The lowest BCUT2D eigenvalue weighted by Gasteiger charge is -2.36. The first-order valence-corrected chi connectivity index (χ1v) is 12.0. The molecule has 35 heavy (non-hydrogen) atoms. The minimum Gasteiger partial charge on any atom is -0.406 e. The number of carbonyl (C=O) groups excluding carboxylic acids is 1. The summed E-state index contributed by atoms with van der Waals surface area (Å²) in [5.41, 5.74) is 2.67. The minimum atomic E-state index is -0.589. The van der Waals surface area contributed by atoms with Crippen molar-refractivity contribution < 1.29 is 18.6 Å². The largest absolute Gasteiger partial charge is 0.596 e. The number of rotatable bonds is 5. The van der Waals surface area contributed by atoms with Gasteiger partial charge in [-0.15, -0.1) is 4.58 Å². The number of amides is 1. The van der Waals surface area contributed by atoms with E-state index in [1.54, 1.807) is 24.3 Å². The maximum absolute atomic E-state index is 13.3. The van der Waals surface area contributed by atoms with Crippen molar-refractivity contribution in [3.63, 3.8) is 0 Å². The van der Waals surface area contributed by atoms with Crippen molar-refractivity contribution in [3.8, 4) is 17.5 Å². The number of nitrogens with zero attached hydrogens (tertiary/aromatic N) is 4. The van der Waals surface area contributed by atoms with Crippen LogP contribution in [0.1, 0.15) is 69.3 Å². The number of aromatic nitrogens is 2. The second-order valence-corrected chi connectivity index (χ2v) is 10.5. The molecule has 2 aromatic carbocycles. The molecular weight excluding hydrogens is 440 g/mol. The summed E-state index contributed by atoms with van der Waals surface area (Å²) in [7, 11) is 0. The van der Waals surface area contributed by atoms with Gasteiger partial charge in [0.25, 0.3) is 5.89 Å². The van der Waals surface area contributed by atoms with Gasteiger partial charge in [0.05, 0.1) is 23.0 Å². The minimum absolute atomic E-state index is 0.223. The van der Waals surface area contributed by atoms with E-state index in [4.69, 9.17) is 19.5 Å². The quantitative estimate of drug-likeness (QED) is 0.451. The fourth-order valence-electron chi connectivity index (χ4n) is 4.65. The summed E-state index contributed by atoms with van der Waals surface area (Å²) in [4.78, 5) is 18.1. The van der Waals surface area contributed by atoms with Gasteiger partial charge >= 0.3 is 6.09 Å². The molecule has 178 valence electrons. The first-order valence-electron chi connectivity index (χ1n) is 12.0. The average molecular weight is 470 g/mol. The monoisotopic (exact) mass is 469 g/mol. The second-order valence-electron chi connectivity index (χ2n) is 10.5. The molecular formula is C28H29N4O3+. The molecule has 0 N–H and O–H groups in total. The van der Waals surface area contributed by atoms with E-state index in [-0.39, 0.29) is 17.4 Å². The molecule has 0 bridgehead atoms. The van der Waals surface area contributed by atoms with Gasteiger partial charge in [-0.2, -0.15) is 15.0 Å². The lowest BCUT2D eigenvalue weighted by molar-refractivity contribution is -0.464. The van der Waals surface area contributed by atoms with Crippen LogP contribution in [0.15, 0.2) is 59.1 Å². The lowest BCUT2D eigenvalue weighted by Crippen LogP contribution is -2.46. The van der Waals surface area contributed by atoms with Crippen molar-refractivity contribution >= 4 is 11.8 Å². The van der Waals surface area contributed by atoms with Crippen LogP contribution in [0.3, 0.4) is 0 Å². The number of benzene rings is 2. The Hall–Kier alpha value is -3.79. The SMILES string of the molecule is CC(C)(C)OC(=O)/[N+](CC1(c2noc(-c3ccc(C#N)cc3)n2)CCC1)=C1/CC1c1ccccc1. The molecule has 1 atom stereocenters. The van der Waals surface area contributed by atoms with Gasteiger partial charge in [-0.25, -0.2) is 0 Å². The third-order valence-electron chi connectivity index (χ3n) is 6.75. The average Bonchev–Trinajstić information content (AvgIpc) is 3.45. The molecule has 1 amide bonds. The van der Waals surface area contributed by atoms with Crippen LogP contribution in [0.4, 0.5) is 4.79 Å². The number of carbonyl (C=O) groups is 1. The summed E-state index contributed by atoms with van der Waals surface area (Å²) in [5.74, 6) is 1.26. The molecule has 5 rings (SSSR count). The summed E-state index contributed by atoms with van der Waals surface area (Å²) >= 11 is 0. The zero-order chi connectivity index (χ0) is 24.6. The number of hydrogen-bond donors (Lipinski definition) is 0. The smallest absolute Gasteiger partial charge is 0.406 e. The van der Waals surface area contributed by atoms with Crippen LogP contribution in [0.5, 0.6) is 0 Å². The number of hydrogen-bond acceptors (Lipinski definition) is 6. The van der Waals surface area contributed by atoms with Gasteiger partial charge in [0.2, 0.25) is 0 Å². The molecule has 0 aliphatic heterocycles. The van der Waals surface area contributed by atoms with Gasteiger partial charge in [-0.05, 0) is 63.4 Å². The predicted octanol–water partition coefficient (Wildman–Crippen LogP) is 5.61. The molecule has 2 saturated carbocycles. The van der Waals surface area contributed by atoms with Crippen molar-refractivity contribution in [2.45, 2.75) is 63.4 Å². The van der Waals surface area contributed by atoms with Crippen LogP contribution in [-0.4, -0.2) is 38.7 Å². The van der Waals surface area contributed by atoms with Crippen LogP contribution in [-0.2, 0) is 10.2 Å². The Bertz CT molecular complexity index is 1310. The summed E-state index contributed by atoms with van der Waals surface area (Å²) in [6.45, 7) is 6.12. The fraction of sp³-hybridized carbons (Fsp3) is 0.393. The highest BCUT2D eigenvalue weighted by atomic mass is 16.6. The van der Waals surface area contributed by atoms with Crippen molar-refractivity contribution in [1.29, 1.82) is 5.26 Å². The molecule has 7 heteroatoms. The van der Waals surface area contributed by atoms with E-state index in [1.807, 2.05) is 43.5 Å². The Morgan fingerprint density at radius 3 is 2.49 bits per heavy atom. The third kappa shape index (κ3) is 4.74. The Morgan fingerprint density at radius 2 is 1.89 bits per heavy atom. The summed E-state index contributed by atoms with van der Waals surface area (Å²) in [6.07, 6.45) is 3.31. The first-order chi connectivity index (χ1) is 16.8. The maximum atomic E-state index is 13.3. The summed E-state index contributed by atoms with van der Waals surface area (Å²) in [5, 5.41) is 13.4. The molecule has 3 aromatic rings. The molecule has 1 unspecified atom stereocenters. The Labute approximate surface area is 205 Å². The molecule has 7 nitrogen and oxygen atoms in total. The van der Waals surface area contributed by atoms with Gasteiger partial charge in [0, 0.05) is 12.0 Å². The van der Waals surface area contributed by atoms with E-state index in [1.165, 1.54) is 5.56 Å². The molecule has 2 aliphatic rings. The van der Waals surface area contributed by atoms with E-state index >= 15 is 0 Å². The first kappa shape index (κ1) is 23.0. The van der Waals surface area contributed by atoms with Crippen LogP contribution in [0.25, 0.3) is 11.5 Å². The van der Waals surface area contributed by atoms with E-state index in [0.717, 1.165) is 37.0 Å². The molecule has 0 spiro atoms. The van der Waals surface area contributed by atoms with Crippen molar-refractivity contribution in [3.05, 3.63) is 71.5 Å². The third-order valence-corrected chi connectivity index (χ3v) is 6.75. The summed E-state index contributed by atoms with van der Waals surface area (Å²) in [6, 6.07) is 19.5. The van der Waals surface area contributed by atoms with Gasteiger partial charge in [0.1, 0.15) is 5.60 Å². The van der Waals surface area contributed by atoms with Crippen LogP contribution in [0.2, 0.25) is 0 Å². The van der Waals surface area contributed by atoms with Crippen LogP contribution in [0, 0.1) is 11.3 Å². The Morgan fingerprint density at radius 1 is 1.17 bits per heavy atom. The zero-order valence-electron chi connectivity index (χ0n) is 20.3. The highest BCUT2D eigenvalue weighted by Crippen LogP contribution is 2.45. The molecule has 1 heterocycles. The summed E-state index contributed by atoms with van der Waals surface area (Å²) < 4.78 is 13.2. The molecule has 0 radical (unpaired) electrons. The van der Waals surface area contributed by atoms with Gasteiger partial charge in [0.15, 0.2) is 18.1 Å². The van der Waals surface area contributed by atoms with Gasteiger partial charge in [-0.1, -0.05) is 41.9 Å². The standard InChI is InChI=1S/C28H29N4O3/c1-27(2,3)34-26(33)32(23-16-22(23)20-8-5-4-6-9-20)18-28(14-7-15-28)25-30-24(35-31-25)21-12-10-19(17-29)11-13-21/h4-6,8-13,22H,7,14-16,18H2,1-3H3/q+1/b32-23-. The van der Waals surface area contributed by atoms with E-state index in [2.05, 4.69) is 23.4 Å². The van der Waals surface area contributed by atoms with E-state index in [0.29, 0.717) is 23.8 Å². The van der Waals surface area contributed by atoms with E-state index < -0.39 is 5.60 Å². The molecule has 2 aliphatic carbocycles. The molecule has 2 fully saturated rings. The van der Waals surface area contributed by atoms with Gasteiger partial charge in [-0.3, -0.25) is 0 Å².